The fourth-order valence-electron chi connectivity index (χ4n) is 4.27. The first kappa shape index (κ1) is 16.9. The van der Waals surface area contributed by atoms with Crippen molar-refractivity contribution in [3.8, 4) is 0 Å². The van der Waals surface area contributed by atoms with E-state index in [9.17, 15) is 4.79 Å². The minimum Gasteiger partial charge on any atom is -0.408 e. The topological polar surface area (TPSA) is 41.6 Å². The molecule has 2 aliphatic heterocycles. The van der Waals surface area contributed by atoms with Crippen LogP contribution in [-0.4, -0.2) is 47.1 Å². The highest BCUT2D eigenvalue weighted by molar-refractivity contribution is 5.72. The lowest BCUT2D eigenvalue weighted by Gasteiger charge is -2.37. The maximum Gasteiger partial charge on any atom is 0.421 e. The number of para-hydroxylation sites is 2. The standard InChI is InChI=1S/C20H29N3O2/c1-16-6-10-21(11-7-16)14-17-8-12-22(13-9-17)15-23-18-4-2-3-5-19(18)25-20(23)24/h2-5,16-17H,6-15H2,1H3. The van der Waals surface area contributed by atoms with E-state index in [4.69, 9.17) is 4.42 Å². The third-order valence-electron chi connectivity index (χ3n) is 6.01. The average molecular weight is 343 g/mol. The summed E-state index contributed by atoms with van der Waals surface area (Å²) in [5.74, 6) is 1.47. The number of piperidine rings is 2. The van der Waals surface area contributed by atoms with Crippen LogP contribution in [0.3, 0.4) is 0 Å². The molecule has 0 aliphatic carbocycles. The Morgan fingerprint density at radius 2 is 1.68 bits per heavy atom. The van der Waals surface area contributed by atoms with E-state index in [1.807, 2.05) is 24.3 Å². The molecule has 0 amide bonds. The van der Waals surface area contributed by atoms with Crippen molar-refractivity contribution in [2.24, 2.45) is 11.8 Å². The van der Waals surface area contributed by atoms with Crippen LogP contribution in [0, 0.1) is 11.8 Å². The molecule has 2 aromatic rings. The summed E-state index contributed by atoms with van der Waals surface area (Å²) >= 11 is 0. The van der Waals surface area contributed by atoms with Gasteiger partial charge in [0.05, 0.1) is 12.2 Å². The monoisotopic (exact) mass is 343 g/mol. The van der Waals surface area contributed by atoms with Gasteiger partial charge in [0.25, 0.3) is 0 Å². The summed E-state index contributed by atoms with van der Waals surface area (Å²) in [6.45, 7) is 8.97. The van der Waals surface area contributed by atoms with E-state index in [-0.39, 0.29) is 5.76 Å². The average Bonchev–Trinajstić information content (AvgIpc) is 2.94. The van der Waals surface area contributed by atoms with Crippen molar-refractivity contribution in [2.45, 2.75) is 39.3 Å². The predicted molar refractivity (Wildman–Crippen MR) is 99.6 cm³/mol. The number of rotatable bonds is 4. The summed E-state index contributed by atoms with van der Waals surface area (Å²) in [7, 11) is 0. The Kier molecular flexibility index (Phi) is 4.95. The van der Waals surface area contributed by atoms with E-state index in [0.29, 0.717) is 12.3 Å². The van der Waals surface area contributed by atoms with Gasteiger partial charge in [-0.1, -0.05) is 19.1 Å². The number of aromatic nitrogens is 1. The van der Waals surface area contributed by atoms with Crippen LogP contribution in [0.1, 0.15) is 32.6 Å². The molecule has 4 rings (SSSR count). The van der Waals surface area contributed by atoms with E-state index in [1.54, 1.807) is 4.57 Å². The summed E-state index contributed by atoms with van der Waals surface area (Å²) in [5, 5.41) is 0. The second-order valence-electron chi connectivity index (χ2n) is 7.95. The predicted octanol–water partition coefficient (Wildman–Crippen LogP) is 3.00. The van der Waals surface area contributed by atoms with Gasteiger partial charge < -0.3 is 9.32 Å². The second-order valence-corrected chi connectivity index (χ2v) is 7.95. The van der Waals surface area contributed by atoms with E-state index >= 15 is 0 Å². The number of hydrogen-bond acceptors (Lipinski definition) is 4. The molecule has 0 radical (unpaired) electrons. The zero-order valence-electron chi connectivity index (χ0n) is 15.2. The number of oxazole rings is 1. The van der Waals surface area contributed by atoms with Crippen molar-refractivity contribution in [1.29, 1.82) is 0 Å². The van der Waals surface area contributed by atoms with Crippen molar-refractivity contribution < 1.29 is 4.42 Å². The van der Waals surface area contributed by atoms with Crippen LogP contribution >= 0.6 is 0 Å². The van der Waals surface area contributed by atoms with Gasteiger partial charge in [-0.05, 0) is 62.7 Å². The zero-order chi connectivity index (χ0) is 17.2. The molecule has 2 fully saturated rings. The quantitative estimate of drug-likeness (QED) is 0.856. The van der Waals surface area contributed by atoms with Crippen LogP contribution in [0.15, 0.2) is 33.5 Å². The lowest BCUT2D eigenvalue weighted by Crippen LogP contribution is -2.42. The minimum atomic E-state index is -0.245. The van der Waals surface area contributed by atoms with Crippen LogP contribution in [0.2, 0.25) is 0 Å². The van der Waals surface area contributed by atoms with Gasteiger partial charge in [-0.2, -0.15) is 0 Å². The van der Waals surface area contributed by atoms with Gasteiger partial charge in [0.1, 0.15) is 0 Å². The van der Waals surface area contributed by atoms with Gasteiger partial charge in [0, 0.05) is 19.6 Å². The third-order valence-corrected chi connectivity index (χ3v) is 6.01. The summed E-state index contributed by atoms with van der Waals surface area (Å²) in [6.07, 6.45) is 5.18. The van der Waals surface area contributed by atoms with Gasteiger partial charge in [0.2, 0.25) is 0 Å². The van der Waals surface area contributed by atoms with Crippen LogP contribution in [0.4, 0.5) is 0 Å². The molecule has 1 aromatic carbocycles. The Morgan fingerprint density at radius 3 is 2.44 bits per heavy atom. The number of benzene rings is 1. The maximum absolute atomic E-state index is 12.1. The minimum absolute atomic E-state index is 0.245. The third kappa shape index (κ3) is 3.82. The summed E-state index contributed by atoms with van der Waals surface area (Å²) < 4.78 is 7.11. The van der Waals surface area contributed by atoms with E-state index in [1.165, 1.54) is 45.3 Å². The Hall–Kier alpha value is -1.59. The van der Waals surface area contributed by atoms with Crippen molar-refractivity contribution in [1.82, 2.24) is 14.4 Å². The summed E-state index contributed by atoms with van der Waals surface area (Å²) in [5.41, 5.74) is 1.58. The summed E-state index contributed by atoms with van der Waals surface area (Å²) in [4.78, 5) is 17.2. The SMILES string of the molecule is CC1CCN(CC2CCN(Cn3c(=O)oc4ccccc43)CC2)CC1. The van der Waals surface area contributed by atoms with Gasteiger partial charge in [-0.25, -0.2) is 4.79 Å². The Labute approximate surface area is 149 Å². The van der Waals surface area contributed by atoms with Gasteiger partial charge in [-0.3, -0.25) is 9.47 Å². The fourth-order valence-corrected chi connectivity index (χ4v) is 4.27. The van der Waals surface area contributed by atoms with Crippen molar-refractivity contribution >= 4 is 11.1 Å². The van der Waals surface area contributed by atoms with Crippen molar-refractivity contribution in [2.75, 3.05) is 32.7 Å². The molecule has 2 saturated heterocycles. The van der Waals surface area contributed by atoms with E-state index < -0.39 is 0 Å². The molecule has 0 N–H and O–H groups in total. The number of fused-ring (bicyclic) bond motifs is 1. The molecule has 2 aliphatic rings. The molecule has 0 spiro atoms. The largest absolute Gasteiger partial charge is 0.421 e. The lowest BCUT2D eigenvalue weighted by molar-refractivity contribution is 0.105. The van der Waals surface area contributed by atoms with Crippen LogP contribution in [0.25, 0.3) is 11.1 Å². The number of hydrogen-bond donors (Lipinski definition) is 0. The number of nitrogens with zero attached hydrogens (tertiary/aromatic N) is 3. The number of likely N-dealkylation sites (tertiary alicyclic amines) is 2. The normalized spacial score (nSPS) is 22.0. The smallest absolute Gasteiger partial charge is 0.408 e. The van der Waals surface area contributed by atoms with Gasteiger partial charge >= 0.3 is 5.76 Å². The molecular formula is C20H29N3O2. The lowest BCUT2D eigenvalue weighted by atomic mass is 9.93. The Morgan fingerprint density at radius 1 is 1.00 bits per heavy atom. The van der Waals surface area contributed by atoms with Crippen molar-refractivity contribution in [3.05, 3.63) is 34.8 Å². The van der Waals surface area contributed by atoms with Gasteiger partial charge in [0.15, 0.2) is 5.58 Å². The van der Waals surface area contributed by atoms with Gasteiger partial charge in [-0.15, -0.1) is 0 Å². The molecule has 136 valence electrons. The second kappa shape index (κ2) is 7.34. The molecule has 25 heavy (non-hydrogen) atoms. The summed E-state index contributed by atoms with van der Waals surface area (Å²) in [6, 6.07) is 7.69. The van der Waals surface area contributed by atoms with Crippen LogP contribution in [-0.2, 0) is 6.67 Å². The molecule has 5 nitrogen and oxygen atoms in total. The van der Waals surface area contributed by atoms with E-state index in [0.717, 1.165) is 30.4 Å². The first-order chi connectivity index (χ1) is 12.2. The molecule has 0 saturated carbocycles. The van der Waals surface area contributed by atoms with Crippen molar-refractivity contribution in [3.63, 3.8) is 0 Å². The molecular weight excluding hydrogens is 314 g/mol. The molecule has 5 heteroatoms. The Bertz CT molecular complexity index is 750. The zero-order valence-corrected chi connectivity index (χ0v) is 15.2. The van der Waals surface area contributed by atoms with Crippen LogP contribution < -0.4 is 5.76 Å². The van der Waals surface area contributed by atoms with Crippen LogP contribution in [0.5, 0.6) is 0 Å². The first-order valence-corrected chi connectivity index (χ1v) is 9.72. The highest BCUT2D eigenvalue weighted by Crippen LogP contribution is 2.23. The molecule has 3 heterocycles. The molecule has 0 unspecified atom stereocenters. The first-order valence-electron chi connectivity index (χ1n) is 9.72. The molecule has 0 atom stereocenters. The molecule has 0 bridgehead atoms. The highest BCUT2D eigenvalue weighted by Gasteiger charge is 2.24. The molecule has 1 aromatic heterocycles. The maximum atomic E-state index is 12.1. The Balaban J connectivity index is 1.31. The van der Waals surface area contributed by atoms with E-state index in [2.05, 4.69) is 16.7 Å². The fraction of sp³-hybridized carbons (Fsp3) is 0.650. The highest BCUT2D eigenvalue weighted by atomic mass is 16.4.